The van der Waals surface area contributed by atoms with Crippen LogP contribution in [0.4, 0.5) is 0 Å². The van der Waals surface area contributed by atoms with Crippen molar-refractivity contribution in [2.75, 3.05) is 13.1 Å². The monoisotopic (exact) mass is 509 g/mol. The number of amides is 3. The summed E-state index contributed by atoms with van der Waals surface area (Å²) in [6.07, 6.45) is 8.68. The van der Waals surface area contributed by atoms with Crippen molar-refractivity contribution in [3.63, 3.8) is 0 Å². The summed E-state index contributed by atoms with van der Waals surface area (Å²) in [5.74, 6) is -0.863. The molecule has 7 rings (SSSR count). The zero-order chi connectivity index (χ0) is 25.8. The molecule has 10 nitrogen and oxygen atoms in total. The molecule has 2 N–H and O–H groups in total. The molecule has 0 spiro atoms. The van der Waals surface area contributed by atoms with E-state index >= 15 is 0 Å². The first kappa shape index (κ1) is 22.9. The SMILES string of the molecule is O=C1CCC(N2Cc3cc(-c4cc(CN5CCCC5)c5ccn(-c6cn[nH]c6)c5n4)ccc3C2=O)C(=O)N1. The maximum absolute atomic E-state index is 13.2. The summed E-state index contributed by atoms with van der Waals surface area (Å²) in [5, 5.41) is 10.5. The zero-order valence-corrected chi connectivity index (χ0v) is 20.8. The molecule has 10 heteroatoms. The van der Waals surface area contributed by atoms with E-state index in [0.29, 0.717) is 18.5 Å². The van der Waals surface area contributed by atoms with Crippen LogP contribution in [-0.4, -0.2) is 66.4 Å². The van der Waals surface area contributed by atoms with Crippen molar-refractivity contribution in [1.82, 2.24) is 34.9 Å². The fraction of sp³-hybridized carbons (Fsp3) is 0.321. The van der Waals surface area contributed by atoms with E-state index in [1.165, 1.54) is 18.4 Å². The molecule has 0 aliphatic carbocycles. The lowest BCUT2D eigenvalue weighted by Crippen LogP contribution is -2.52. The van der Waals surface area contributed by atoms with Gasteiger partial charge in [-0.1, -0.05) is 6.07 Å². The summed E-state index contributed by atoms with van der Waals surface area (Å²) in [5.41, 5.74) is 6.21. The Morgan fingerprint density at radius 3 is 2.71 bits per heavy atom. The maximum Gasteiger partial charge on any atom is 0.255 e. The molecule has 0 saturated carbocycles. The number of carbonyl (C=O) groups is 3. The van der Waals surface area contributed by atoms with E-state index in [0.717, 1.165) is 53.2 Å². The number of aromatic nitrogens is 4. The lowest BCUT2D eigenvalue weighted by atomic mass is 10.0. The summed E-state index contributed by atoms with van der Waals surface area (Å²) >= 11 is 0. The van der Waals surface area contributed by atoms with E-state index in [1.54, 1.807) is 11.1 Å². The maximum atomic E-state index is 13.2. The molecular formula is C28H27N7O3. The Bertz CT molecular complexity index is 1580. The van der Waals surface area contributed by atoms with Crippen molar-refractivity contribution < 1.29 is 14.4 Å². The third-order valence-corrected chi connectivity index (χ3v) is 7.92. The highest BCUT2D eigenvalue weighted by molar-refractivity contribution is 6.05. The van der Waals surface area contributed by atoms with Gasteiger partial charge in [-0.2, -0.15) is 5.10 Å². The molecule has 3 aliphatic rings. The number of imide groups is 1. The summed E-state index contributed by atoms with van der Waals surface area (Å²) in [4.78, 5) is 46.3. The molecule has 0 radical (unpaired) electrons. The standard InChI is InChI=1S/C28H27N7O3/c36-25-6-5-24(27(37)32-25)35-16-18-11-17(3-4-22(18)28(35)38)23-12-19(15-33-8-1-2-9-33)21-7-10-34(26(21)31-23)20-13-29-30-14-20/h3-4,7,10-14,24H,1-2,5-6,8-9,15-16H2,(H,29,30)(H,32,36,37). The number of H-pyrrole nitrogens is 1. The molecule has 38 heavy (non-hydrogen) atoms. The van der Waals surface area contributed by atoms with Gasteiger partial charge in [0, 0.05) is 48.4 Å². The molecular weight excluding hydrogens is 482 g/mol. The van der Waals surface area contributed by atoms with Gasteiger partial charge in [0.2, 0.25) is 11.8 Å². The molecule has 1 aromatic carbocycles. The predicted molar refractivity (Wildman–Crippen MR) is 139 cm³/mol. The van der Waals surface area contributed by atoms with Crippen LogP contribution >= 0.6 is 0 Å². The van der Waals surface area contributed by atoms with Crippen molar-refractivity contribution in [1.29, 1.82) is 0 Å². The molecule has 1 atom stereocenters. The van der Waals surface area contributed by atoms with Crippen molar-refractivity contribution >= 4 is 28.8 Å². The third-order valence-electron chi connectivity index (χ3n) is 7.92. The van der Waals surface area contributed by atoms with Gasteiger partial charge in [-0.25, -0.2) is 4.98 Å². The van der Waals surface area contributed by atoms with Crippen molar-refractivity contribution in [2.45, 2.75) is 44.8 Å². The van der Waals surface area contributed by atoms with Crippen molar-refractivity contribution in [3.8, 4) is 16.9 Å². The topological polar surface area (TPSA) is 116 Å². The number of hydrogen-bond donors (Lipinski definition) is 2. The van der Waals surface area contributed by atoms with Crippen LogP contribution in [0.2, 0.25) is 0 Å². The molecule has 192 valence electrons. The van der Waals surface area contributed by atoms with E-state index in [-0.39, 0.29) is 18.2 Å². The summed E-state index contributed by atoms with van der Waals surface area (Å²) in [6.45, 7) is 3.38. The van der Waals surface area contributed by atoms with Crippen molar-refractivity contribution in [3.05, 3.63) is 65.6 Å². The quantitative estimate of drug-likeness (QED) is 0.400. The number of carbonyl (C=O) groups excluding carboxylic acids is 3. The molecule has 1 unspecified atom stereocenters. The number of rotatable bonds is 5. The van der Waals surface area contributed by atoms with E-state index < -0.39 is 11.9 Å². The van der Waals surface area contributed by atoms with Gasteiger partial charge in [-0.05, 0) is 67.7 Å². The second-order valence-electron chi connectivity index (χ2n) is 10.3. The van der Waals surface area contributed by atoms with Crippen LogP contribution in [0.5, 0.6) is 0 Å². The first-order valence-corrected chi connectivity index (χ1v) is 13.1. The normalized spacial score (nSPS) is 19.9. The average Bonchev–Trinajstić information content (AvgIpc) is 3.72. The number of nitrogens with one attached hydrogen (secondary N) is 2. The minimum Gasteiger partial charge on any atom is -0.322 e. The Hall–Kier alpha value is -4.31. The van der Waals surface area contributed by atoms with Crippen molar-refractivity contribution in [2.24, 2.45) is 0 Å². The van der Waals surface area contributed by atoms with Gasteiger partial charge < -0.3 is 4.90 Å². The Labute approximate surface area is 218 Å². The highest BCUT2D eigenvalue weighted by atomic mass is 16.2. The van der Waals surface area contributed by atoms with Crippen LogP contribution in [0, 0.1) is 0 Å². The van der Waals surface area contributed by atoms with Gasteiger partial charge in [-0.3, -0.25) is 34.3 Å². The van der Waals surface area contributed by atoms with Gasteiger partial charge in [0.25, 0.3) is 5.91 Å². The summed E-state index contributed by atoms with van der Waals surface area (Å²) < 4.78 is 2.04. The predicted octanol–water partition coefficient (Wildman–Crippen LogP) is 2.77. The molecule has 0 bridgehead atoms. The minimum absolute atomic E-state index is 0.173. The third kappa shape index (κ3) is 3.79. The number of aromatic amines is 1. The molecule has 6 heterocycles. The number of fused-ring (bicyclic) bond motifs is 2. The molecule has 3 aromatic heterocycles. The van der Waals surface area contributed by atoms with Gasteiger partial charge in [-0.15, -0.1) is 0 Å². The van der Waals surface area contributed by atoms with E-state index in [4.69, 9.17) is 4.98 Å². The Kier molecular flexibility index (Phi) is 5.36. The van der Waals surface area contributed by atoms with E-state index in [1.807, 2.05) is 35.2 Å². The van der Waals surface area contributed by atoms with E-state index in [9.17, 15) is 14.4 Å². The van der Waals surface area contributed by atoms with Crippen LogP contribution in [0.25, 0.3) is 28.0 Å². The highest BCUT2D eigenvalue weighted by Gasteiger charge is 2.39. The smallest absolute Gasteiger partial charge is 0.255 e. The van der Waals surface area contributed by atoms with Gasteiger partial charge in [0.05, 0.1) is 17.6 Å². The van der Waals surface area contributed by atoms with Gasteiger partial charge in [0.15, 0.2) is 0 Å². The first-order chi connectivity index (χ1) is 18.5. The number of piperidine rings is 1. The lowest BCUT2D eigenvalue weighted by Gasteiger charge is -2.29. The molecule has 3 amide bonds. The van der Waals surface area contributed by atoms with Crippen LogP contribution in [0.1, 0.15) is 47.2 Å². The summed E-state index contributed by atoms with van der Waals surface area (Å²) in [6, 6.07) is 9.43. The molecule has 3 aliphatic heterocycles. The highest BCUT2D eigenvalue weighted by Crippen LogP contribution is 2.33. The average molecular weight is 510 g/mol. The number of hydrogen-bond acceptors (Lipinski definition) is 6. The number of pyridine rings is 1. The fourth-order valence-electron chi connectivity index (χ4n) is 5.96. The van der Waals surface area contributed by atoms with Crippen LogP contribution in [0.3, 0.4) is 0 Å². The zero-order valence-electron chi connectivity index (χ0n) is 20.8. The molecule has 4 aromatic rings. The number of benzene rings is 1. The van der Waals surface area contributed by atoms with Crippen LogP contribution in [0.15, 0.2) is 48.9 Å². The van der Waals surface area contributed by atoms with E-state index in [2.05, 4.69) is 32.5 Å². The number of likely N-dealkylation sites (tertiary alicyclic amines) is 1. The van der Waals surface area contributed by atoms with Gasteiger partial charge >= 0.3 is 0 Å². The minimum atomic E-state index is -0.629. The lowest BCUT2D eigenvalue weighted by molar-refractivity contribution is -0.136. The molecule has 2 saturated heterocycles. The first-order valence-electron chi connectivity index (χ1n) is 13.1. The van der Waals surface area contributed by atoms with Crippen LogP contribution in [-0.2, 0) is 22.7 Å². The Balaban J connectivity index is 1.27. The number of nitrogens with zero attached hydrogens (tertiary/aromatic N) is 5. The summed E-state index contributed by atoms with van der Waals surface area (Å²) in [7, 11) is 0. The second-order valence-corrected chi connectivity index (χ2v) is 10.3. The second kappa shape index (κ2) is 8.91. The largest absolute Gasteiger partial charge is 0.322 e. The van der Waals surface area contributed by atoms with Gasteiger partial charge in [0.1, 0.15) is 11.7 Å². The Morgan fingerprint density at radius 1 is 1.05 bits per heavy atom. The Morgan fingerprint density at radius 2 is 1.92 bits per heavy atom. The fourth-order valence-corrected chi connectivity index (χ4v) is 5.96. The molecule has 2 fully saturated rings. The van der Waals surface area contributed by atoms with Crippen LogP contribution < -0.4 is 5.32 Å².